The highest BCUT2D eigenvalue weighted by molar-refractivity contribution is 6.08. The summed E-state index contributed by atoms with van der Waals surface area (Å²) in [6.07, 6.45) is 5.78. The van der Waals surface area contributed by atoms with Gasteiger partial charge in [0.15, 0.2) is 23.4 Å². The lowest BCUT2D eigenvalue weighted by molar-refractivity contribution is -0.129. The van der Waals surface area contributed by atoms with Crippen molar-refractivity contribution in [3.63, 3.8) is 0 Å². The number of fused-ring (bicyclic) bond motifs is 3. The molecule has 1 atom stereocenters. The van der Waals surface area contributed by atoms with Gasteiger partial charge >= 0.3 is 5.97 Å². The van der Waals surface area contributed by atoms with Crippen molar-refractivity contribution in [3.8, 4) is 11.5 Å². The number of pyridine rings is 1. The van der Waals surface area contributed by atoms with Gasteiger partial charge in [0, 0.05) is 11.8 Å². The van der Waals surface area contributed by atoms with Crippen LogP contribution in [0, 0.1) is 0 Å². The first-order valence-corrected chi connectivity index (χ1v) is 11.4. The van der Waals surface area contributed by atoms with E-state index in [-0.39, 0.29) is 12.6 Å². The van der Waals surface area contributed by atoms with E-state index in [0.717, 1.165) is 64.1 Å². The molecule has 6 rings (SSSR count). The summed E-state index contributed by atoms with van der Waals surface area (Å²) in [5.41, 5.74) is 5.08. The molecular formula is C27H23NO5. The van der Waals surface area contributed by atoms with E-state index in [4.69, 9.17) is 19.2 Å². The lowest BCUT2D eigenvalue weighted by atomic mass is 9.96. The summed E-state index contributed by atoms with van der Waals surface area (Å²) >= 11 is 0. The van der Waals surface area contributed by atoms with Gasteiger partial charge < -0.3 is 14.2 Å². The normalized spacial score (nSPS) is 20.3. The Bertz CT molecular complexity index is 1330. The summed E-state index contributed by atoms with van der Waals surface area (Å²) in [6, 6.07) is 13.5. The molecule has 0 radical (unpaired) electrons. The monoisotopic (exact) mass is 441 g/mol. The van der Waals surface area contributed by atoms with Crippen LogP contribution in [0.25, 0.3) is 22.6 Å². The first kappa shape index (κ1) is 20.0. The summed E-state index contributed by atoms with van der Waals surface area (Å²) in [5.74, 6) is 1.08. The minimum Gasteiger partial charge on any atom is -0.454 e. The van der Waals surface area contributed by atoms with Crippen LogP contribution >= 0.6 is 0 Å². The third-order valence-electron chi connectivity index (χ3n) is 6.63. The van der Waals surface area contributed by atoms with Gasteiger partial charge in [0.2, 0.25) is 6.79 Å². The molecule has 2 aliphatic carbocycles. The van der Waals surface area contributed by atoms with E-state index in [1.54, 1.807) is 0 Å². The van der Waals surface area contributed by atoms with Gasteiger partial charge in [-0.3, -0.25) is 4.79 Å². The van der Waals surface area contributed by atoms with Crippen LogP contribution in [0.5, 0.6) is 11.5 Å². The number of benzene rings is 2. The van der Waals surface area contributed by atoms with E-state index < -0.39 is 12.1 Å². The van der Waals surface area contributed by atoms with Gasteiger partial charge in [-0.2, -0.15) is 0 Å². The molecule has 1 aliphatic heterocycles. The zero-order chi connectivity index (χ0) is 22.4. The van der Waals surface area contributed by atoms with Crippen LogP contribution in [0.3, 0.4) is 0 Å². The molecule has 2 aromatic carbocycles. The first-order valence-electron chi connectivity index (χ1n) is 11.4. The van der Waals surface area contributed by atoms with Crippen LogP contribution in [0.4, 0.5) is 0 Å². The Morgan fingerprint density at radius 2 is 1.91 bits per heavy atom. The average Bonchev–Trinajstić information content (AvgIpc) is 3.45. The lowest BCUT2D eigenvalue weighted by Crippen LogP contribution is -2.30. The Morgan fingerprint density at radius 1 is 1.03 bits per heavy atom. The summed E-state index contributed by atoms with van der Waals surface area (Å²) in [5, 5.41) is 0.772. The van der Waals surface area contributed by atoms with Gasteiger partial charge in [-0.25, -0.2) is 9.78 Å². The lowest BCUT2D eigenvalue weighted by Gasteiger charge is -2.21. The summed E-state index contributed by atoms with van der Waals surface area (Å²) in [4.78, 5) is 30.6. The molecule has 0 amide bonds. The van der Waals surface area contributed by atoms with E-state index in [1.165, 1.54) is 0 Å². The number of ether oxygens (including phenoxy) is 3. The number of esters is 1. The molecule has 1 saturated carbocycles. The van der Waals surface area contributed by atoms with Crippen LogP contribution in [0.15, 0.2) is 42.5 Å². The van der Waals surface area contributed by atoms with Crippen LogP contribution in [0.1, 0.15) is 59.3 Å². The predicted molar refractivity (Wildman–Crippen MR) is 123 cm³/mol. The maximum Gasteiger partial charge on any atom is 0.339 e. The predicted octanol–water partition coefficient (Wildman–Crippen LogP) is 5.12. The van der Waals surface area contributed by atoms with E-state index in [9.17, 15) is 9.59 Å². The molecule has 0 spiro atoms. The van der Waals surface area contributed by atoms with Gasteiger partial charge in [-0.15, -0.1) is 0 Å². The molecule has 6 heteroatoms. The Balaban J connectivity index is 1.41. The zero-order valence-corrected chi connectivity index (χ0v) is 18.1. The fourth-order valence-corrected chi connectivity index (χ4v) is 4.98. The van der Waals surface area contributed by atoms with Crippen molar-refractivity contribution in [3.05, 3.63) is 64.8 Å². The number of rotatable bonds is 3. The molecule has 33 heavy (non-hydrogen) atoms. The maximum absolute atomic E-state index is 13.4. The van der Waals surface area contributed by atoms with Gasteiger partial charge in [0.1, 0.15) is 0 Å². The van der Waals surface area contributed by atoms with Crippen molar-refractivity contribution in [2.45, 2.75) is 44.6 Å². The summed E-state index contributed by atoms with van der Waals surface area (Å²) in [6.45, 7) is 0.237. The van der Waals surface area contributed by atoms with Crippen molar-refractivity contribution in [2.24, 2.45) is 0 Å². The molecule has 1 fully saturated rings. The Kier molecular flexibility index (Phi) is 4.86. The van der Waals surface area contributed by atoms with Crippen LogP contribution < -0.4 is 9.47 Å². The number of carbonyl (C=O) groups is 2. The highest BCUT2D eigenvalue weighted by atomic mass is 16.7. The third-order valence-corrected chi connectivity index (χ3v) is 6.63. The minimum atomic E-state index is -0.640. The second-order valence-corrected chi connectivity index (χ2v) is 8.72. The smallest absolute Gasteiger partial charge is 0.339 e. The van der Waals surface area contributed by atoms with Crippen molar-refractivity contribution in [1.82, 2.24) is 4.98 Å². The molecule has 6 nitrogen and oxygen atoms in total. The molecule has 3 aromatic rings. The summed E-state index contributed by atoms with van der Waals surface area (Å²) < 4.78 is 16.7. The number of aromatic nitrogens is 1. The first-order chi connectivity index (χ1) is 16.2. The quantitative estimate of drug-likeness (QED) is 0.525. The summed E-state index contributed by atoms with van der Waals surface area (Å²) in [7, 11) is 0. The van der Waals surface area contributed by atoms with E-state index in [1.807, 2.05) is 42.5 Å². The molecule has 1 aromatic heterocycles. The SMILES string of the molecule is O=C(OC1CCCCC1=O)c1c2c(nc3ccccc13)/C(=C/c1ccc3c(c1)OCO3)CC2. The second kappa shape index (κ2) is 8.03. The molecular weight excluding hydrogens is 418 g/mol. The number of nitrogens with zero attached hydrogens (tertiary/aromatic N) is 1. The van der Waals surface area contributed by atoms with Gasteiger partial charge in [0.25, 0.3) is 0 Å². The van der Waals surface area contributed by atoms with E-state index in [0.29, 0.717) is 24.8 Å². The number of ketones is 1. The second-order valence-electron chi connectivity index (χ2n) is 8.72. The van der Waals surface area contributed by atoms with Crippen molar-refractivity contribution >= 4 is 34.3 Å². The van der Waals surface area contributed by atoms with Gasteiger partial charge in [-0.05, 0) is 73.1 Å². The van der Waals surface area contributed by atoms with Crippen molar-refractivity contribution in [2.75, 3.05) is 6.79 Å². The van der Waals surface area contributed by atoms with Crippen LogP contribution in [-0.4, -0.2) is 29.6 Å². The molecule has 0 N–H and O–H groups in total. The highest BCUT2D eigenvalue weighted by Gasteiger charge is 2.31. The van der Waals surface area contributed by atoms with E-state index in [2.05, 4.69) is 6.08 Å². The number of hydrogen-bond donors (Lipinski definition) is 0. The third kappa shape index (κ3) is 3.55. The molecule has 0 bridgehead atoms. The fourth-order valence-electron chi connectivity index (χ4n) is 4.98. The number of allylic oxidation sites excluding steroid dienone is 1. The van der Waals surface area contributed by atoms with Crippen LogP contribution in [-0.2, 0) is 16.0 Å². The van der Waals surface area contributed by atoms with E-state index >= 15 is 0 Å². The topological polar surface area (TPSA) is 74.7 Å². The minimum absolute atomic E-state index is 0.0213. The largest absolute Gasteiger partial charge is 0.454 e. The molecule has 2 heterocycles. The number of hydrogen-bond acceptors (Lipinski definition) is 6. The zero-order valence-electron chi connectivity index (χ0n) is 18.1. The Labute approximate surface area is 191 Å². The van der Waals surface area contributed by atoms with Gasteiger partial charge in [-0.1, -0.05) is 24.3 Å². The fraction of sp³-hybridized carbons (Fsp3) is 0.296. The molecule has 1 unspecified atom stereocenters. The molecule has 166 valence electrons. The highest BCUT2D eigenvalue weighted by Crippen LogP contribution is 2.39. The number of carbonyl (C=O) groups excluding carboxylic acids is 2. The standard InChI is InChI=1S/C27H23NO5/c29-21-7-3-4-8-22(21)33-27(30)25-18-5-1-2-6-20(18)28-26-17(10-11-19(25)26)13-16-9-12-23-24(14-16)32-15-31-23/h1-2,5-6,9,12-14,22H,3-4,7-8,10-11,15H2/b17-13+. The Morgan fingerprint density at radius 3 is 2.82 bits per heavy atom. The van der Waals surface area contributed by atoms with Crippen molar-refractivity contribution in [1.29, 1.82) is 0 Å². The molecule has 0 saturated heterocycles. The van der Waals surface area contributed by atoms with Crippen LogP contribution in [0.2, 0.25) is 0 Å². The number of Topliss-reactive ketones (excluding diaryl/α,β-unsaturated/α-hetero) is 1. The van der Waals surface area contributed by atoms with Crippen molar-refractivity contribution < 1.29 is 23.8 Å². The van der Waals surface area contributed by atoms with Gasteiger partial charge in [0.05, 0.1) is 16.8 Å². The average molecular weight is 441 g/mol. The Hall–Kier alpha value is -3.67. The molecule has 3 aliphatic rings. The maximum atomic E-state index is 13.4. The number of para-hydroxylation sites is 1.